The maximum atomic E-state index is 10.3. The van der Waals surface area contributed by atoms with Gasteiger partial charge in [0, 0.05) is 0 Å². The van der Waals surface area contributed by atoms with Crippen LogP contribution in [0.25, 0.3) is 0 Å². The van der Waals surface area contributed by atoms with E-state index < -0.39 is 12.0 Å². The first-order valence-corrected chi connectivity index (χ1v) is 8.01. The predicted octanol–water partition coefficient (Wildman–Crippen LogP) is 2.66. The van der Waals surface area contributed by atoms with E-state index in [1.54, 1.807) is 6.08 Å². The highest BCUT2D eigenvalue weighted by Gasteiger charge is 2.24. The molecule has 1 aromatic rings. The van der Waals surface area contributed by atoms with Gasteiger partial charge in [0.15, 0.2) is 0 Å². The topological polar surface area (TPSA) is 83.4 Å². The Morgan fingerprint density at radius 2 is 2.00 bits per heavy atom. The van der Waals surface area contributed by atoms with Crippen molar-refractivity contribution in [2.24, 2.45) is 15.7 Å². The van der Waals surface area contributed by atoms with Crippen LogP contribution < -0.4 is 5.73 Å². The molecule has 1 unspecified atom stereocenters. The van der Waals surface area contributed by atoms with Gasteiger partial charge in [-0.2, -0.15) is 0 Å². The summed E-state index contributed by atoms with van der Waals surface area (Å²) in [4.78, 5) is 9.70. The first-order chi connectivity index (χ1) is 11.7. The molecule has 1 atom stereocenters. The summed E-state index contributed by atoms with van der Waals surface area (Å²) in [6, 6.07) is 9.80. The van der Waals surface area contributed by atoms with Crippen LogP contribution in [-0.2, 0) is 11.3 Å². The summed E-state index contributed by atoms with van der Waals surface area (Å²) in [5.41, 5.74) is 7.19. The lowest BCUT2D eigenvalue weighted by Crippen LogP contribution is -2.49. The van der Waals surface area contributed by atoms with Crippen LogP contribution in [-0.4, -0.2) is 40.9 Å². The maximum Gasteiger partial charge on any atom is 0.241 e. The van der Waals surface area contributed by atoms with Crippen molar-refractivity contribution in [2.75, 3.05) is 6.54 Å². The zero-order valence-electron chi connectivity index (χ0n) is 15.2. The largest absolute Gasteiger partial charge is 0.369 e. The number of nitrogens with two attached hydrogens (primary N) is 1. The lowest BCUT2D eigenvalue weighted by Gasteiger charge is -2.33. The van der Waals surface area contributed by atoms with E-state index in [1.165, 1.54) is 11.2 Å². The minimum absolute atomic E-state index is 0.0801. The summed E-state index contributed by atoms with van der Waals surface area (Å²) in [6.07, 6.45) is 1.70. The number of aliphatic imine (C=N–C) groups is 2. The molecule has 0 aromatic heterocycles. The van der Waals surface area contributed by atoms with Crippen LogP contribution in [0.3, 0.4) is 0 Å². The summed E-state index contributed by atoms with van der Waals surface area (Å²) < 4.78 is 5.54. The molecule has 3 N–H and O–H groups in total. The van der Waals surface area contributed by atoms with Crippen molar-refractivity contribution in [3.05, 3.63) is 60.7 Å². The van der Waals surface area contributed by atoms with Gasteiger partial charge in [-0.15, -0.1) is 0 Å². The van der Waals surface area contributed by atoms with Gasteiger partial charge in [0.05, 0.1) is 18.7 Å². The highest BCUT2D eigenvalue weighted by molar-refractivity contribution is 5.85. The van der Waals surface area contributed by atoms with Crippen molar-refractivity contribution in [3.8, 4) is 0 Å². The lowest BCUT2D eigenvalue weighted by atomic mass is 10.2. The number of nitrogens with zero attached hydrogens (tertiary/aromatic N) is 3. The number of aliphatic hydroxyl groups is 1. The van der Waals surface area contributed by atoms with Gasteiger partial charge >= 0.3 is 0 Å². The number of hydrogen-bond donors (Lipinski definition) is 2. The maximum absolute atomic E-state index is 10.3. The van der Waals surface area contributed by atoms with Gasteiger partial charge in [-0.25, -0.2) is 4.99 Å². The van der Waals surface area contributed by atoms with Crippen molar-refractivity contribution in [2.45, 2.75) is 39.3 Å². The normalized spacial score (nSPS) is 13.7. The average Bonchev–Trinajstić information content (AvgIpc) is 2.55. The summed E-state index contributed by atoms with van der Waals surface area (Å²) in [5, 5.41) is 10.3. The van der Waals surface area contributed by atoms with Gasteiger partial charge in [0.1, 0.15) is 6.34 Å². The number of benzene rings is 1. The fourth-order valence-electron chi connectivity index (χ4n) is 1.84. The predicted molar refractivity (Wildman–Crippen MR) is 103 cm³/mol. The Hall–Kier alpha value is -2.44. The molecule has 0 aliphatic carbocycles. The van der Waals surface area contributed by atoms with E-state index in [-0.39, 0.29) is 12.5 Å². The van der Waals surface area contributed by atoms with Gasteiger partial charge in [-0.1, -0.05) is 49.6 Å². The van der Waals surface area contributed by atoms with E-state index in [0.717, 1.165) is 5.56 Å². The molecule has 25 heavy (non-hydrogen) atoms. The van der Waals surface area contributed by atoms with E-state index in [9.17, 15) is 5.11 Å². The molecule has 6 heteroatoms. The van der Waals surface area contributed by atoms with Crippen molar-refractivity contribution in [1.29, 1.82) is 0 Å². The van der Waals surface area contributed by atoms with Crippen LogP contribution in [0.15, 0.2) is 65.1 Å². The second kappa shape index (κ2) is 9.76. The van der Waals surface area contributed by atoms with Crippen molar-refractivity contribution in [3.63, 3.8) is 0 Å². The Morgan fingerprint density at radius 1 is 1.36 bits per heavy atom. The molecule has 0 bridgehead atoms. The Labute approximate surface area is 150 Å². The van der Waals surface area contributed by atoms with Gasteiger partial charge in [-0.05, 0) is 31.9 Å². The molecule has 6 nitrogen and oxygen atoms in total. The highest BCUT2D eigenvalue weighted by atomic mass is 16.6. The van der Waals surface area contributed by atoms with Crippen LogP contribution in [0.2, 0.25) is 0 Å². The molecule has 0 heterocycles. The zero-order valence-corrected chi connectivity index (χ0v) is 15.2. The fraction of sp³-hybridized carbons (Fsp3) is 0.368. The van der Waals surface area contributed by atoms with Crippen molar-refractivity contribution >= 4 is 12.3 Å². The fourth-order valence-corrected chi connectivity index (χ4v) is 1.84. The molecule has 0 aliphatic heterocycles. The first kappa shape index (κ1) is 20.6. The van der Waals surface area contributed by atoms with Crippen LogP contribution in [0.4, 0.5) is 0 Å². The minimum atomic E-state index is -1.26. The SMILES string of the molecule is C=CC(=C)CN(C(N)=NC=NCc1ccccc1)C(O)OC(C)(C)C. The Kier molecular flexibility index (Phi) is 8.04. The molecule has 0 spiro atoms. The molecule has 1 aromatic carbocycles. The summed E-state index contributed by atoms with van der Waals surface area (Å²) in [7, 11) is 0. The van der Waals surface area contributed by atoms with Crippen LogP contribution >= 0.6 is 0 Å². The minimum Gasteiger partial charge on any atom is -0.369 e. The average molecular weight is 344 g/mol. The summed E-state index contributed by atoms with van der Waals surface area (Å²) >= 11 is 0. The smallest absolute Gasteiger partial charge is 0.241 e. The molecule has 0 saturated heterocycles. The van der Waals surface area contributed by atoms with Crippen molar-refractivity contribution < 1.29 is 9.84 Å². The number of ether oxygens (including phenoxy) is 1. The van der Waals surface area contributed by atoms with Gasteiger partial charge in [-0.3, -0.25) is 9.89 Å². The number of aliphatic hydroxyl groups excluding tert-OH is 1. The molecule has 0 saturated carbocycles. The van der Waals surface area contributed by atoms with E-state index in [4.69, 9.17) is 10.5 Å². The van der Waals surface area contributed by atoms with Crippen LogP contribution in [0.5, 0.6) is 0 Å². The van der Waals surface area contributed by atoms with Gasteiger partial charge < -0.3 is 15.6 Å². The molecule has 1 rings (SSSR count). The Morgan fingerprint density at radius 3 is 2.56 bits per heavy atom. The van der Waals surface area contributed by atoms with Gasteiger partial charge in [0.2, 0.25) is 12.4 Å². The molecule has 136 valence electrons. The lowest BCUT2D eigenvalue weighted by molar-refractivity contribution is -0.218. The Bertz CT molecular complexity index is 618. The van der Waals surface area contributed by atoms with E-state index in [1.807, 2.05) is 51.1 Å². The monoisotopic (exact) mass is 344 g/mol. The molecule has 0 fully saturated rings. The first-order valence-electron chi connectivity index (χ1n) is 8.01. The third kappa shape index (κ3) is 8.28. The van der Waals surface area contributed by atoms with E-state index in [0.29, 0.717) is 12.1 Å². The molecule has 0 amide bonds. The second-order valence-corrected chi connectivity index (χ2v) is 6.48. The quantitative estimate of drug-likeness (QED) is 0.329. The van der Waals surface area contributed by atoms with E-state index in [2.05, 4.69) is 23.1 Å². The summed E-state index contributed by atoms with van der Waals surface area (Å²) in [6.45, 7) is 13.8. The van der Waals surface area contributed by atoms with Crippen molar-refractivity contribution in [1.82, 2.24) is 4.90 Å². The van der Waals surface area contributed by atoms with Crippen LogP contribution in [0.1, 0.15) is 26.3 Å². The van der Waals surface area contributed by atoms with Crippen LogP contribution in [0, 0.1) is 0 Å². The third-order valence-corrected chi connectivity index (χ3v) is 3.07. The van der Waals surface area contributed by atoms with Gasteiger partial charge in [0.25, 0.3) is 0 Å². The standard InChI is InChI=1S/C19H28N4O2/c1-6-15(2)13-23(18(24)25-19(3,4)5)17(20)22-14-21-12-16-10-8-7-9-11-16/h6-11,14,18,24H,1-2,12-13H2,3-5H3,(H2,20,21,22). The molecular formula is C19H28N4O2. The summed E-state index contributed by atoms with van der Waals surface area (Å²) in [5.74, 6) is 0.0801. The third-order valence-electron chi connectivity index (χ3n) is 3.07. The molecule has 0 radical (unpaired) electrons. The second-order valence-electron chi connectivity index (χ2n) is 6.48. The number of rotatable bonds is 8. The Balaban J connectivity index is 2.80. The molecule has 0 aliphatic rings. The number of guanidine groups is 1. The zero-order chi connectivity index (χ0) is 18.9. The highest BCUT2D eigenvalue weighted by Crippen LogP contribution is 2.13. The number of hydrogen-bond acceptors (Lipinski definition) is 3. The molecular weight excluding hydrogens is 316 g/mol. The van der Waals surface area contributed by atoms with E-state index >= 15 is 0 Å².